The monoisotopic (exact) mass is 933 g/mol. The lowest BCUT2D eigenvalue weighted by atomic mass is 9.86. The minimum atomic E-state index is -1.00. The Hall–Kier alpha value is -7.46. The van der Waals surface area contributed by atoms with Crippen LogP contribution in [0.25, 0.3) is 11.3 Å². The first kappa shape index (κ1) is 48.0. The number of hydrogen-bond acceptors (Lipinski definition) is 11. The Balaban J connectivity index is 0.775. The van der Waals surface area contributed by atoms with Crippen LogP contribution in [0, 0.1) is 6.92 Å². The summed E-state index contributed by atoms with van der Waals surface area (Å²) in [5, 5.41) is 11.7. The van der Waals surface area contributed by atoms with Crippen LogP contribution >= 0.6 is 0 Å². The lowest BCUT2D eigenvalue weighted by Gasteiger charge is -2.34. The second-order valence-corrected chi connectivity index (χ2v) is 19.0. The molecule has 5 aromatic rings. The highest BCUT2D eigenvalue weighted by Crippen LogP contribution is 2.33. The van der Waals surface area contributed by atoms with E-state index in [1.54, 1.807) is 55.7 Å². The van der Waals surface area contributed by atoms with Crippen molar-refractivity contribution in [2.75, 3.05) is 55.2 Å². The zero-order chi connectivity index (χ0) is 49.0. The lowest BCUT2D eigenvalue weighted by Crippen LogP contribution is -2.54. The Morgan fingerprint density at radius 2 is 1.43 bits per heavy atom. The summed E-state index contributed by atoms with van der Waals surface area (Å²) in [4.78, 5) is 101. The highest BCUT2D eigenvalue weighted by atomic mass is 16.2. The summed E-state index contributed by atoms with van der Waals surface area (Å²) in [6.45, 7) is 12.6. The van der Waals surface area contributed by atoms with E-state index in [0.29, 0.717) is 53.5 Å². The van der Waals surface area contributed by atoms with Crippen LogP contribution in [0.15, 0.2) is 95.9 Å². The van der Waals surface area contributed by atoms with Gasteiger partial charge in [-0.25, -0.2) is 4.98 Å². The summed E-state index contributed by atoms with van der Waals surface area (Å²) in [7, 11) is 1.67. The first-order chi connectivity index (χ1) is 33.1. The summed E-state index contributed by atoms with van der Waals surface area (Å²) in [5.74, 6) is -2.23. The Morgan fingerprint density at radius 1 is 0.768 bits per heavy atom. The number of carbonyl (C=O) groups excluding carboxylic acids is 6. The zero-order valence-corrected chi connectivity index (χ0v) is 39.8. The van der Waals surface area contributed by atoms with E-state index >= 15 is 0 Å². The number of imide groups is 2. The molecule has 0 aliphatic carbocycles. The summed E-state index contributed by atoms with van der Waals surface area (Å²) >= 11 is 0. The second kappa shape index (κ2) is 20.4. The lowest BCUT2D eigenvalue weighted by molar-refractivity contribution is -0.136. The standard InChI is InChI=1S/C53H59N9O7/c1-33-38(12-10-14-40(33)57-47(64)34-16-20-36(21-17-34)53(2,3)4)42-32-59(5)52(69)46(56-42)55-37-22-18-35(19-23-37)49(66)61-30-28-60(29-31-61)27-9-7-6-8-26-54-41-15-11-13-39-45(41)51(68)62(50(39)67)43-24-25-44(63)58-48(43)65/h10-23,32,43,54H,6-9,24-31H2,1-5H3,(H,55,56)(H,57,64)(H,58,63,65). The van der Waals surface area contributed by atoms with Gasteiger partial charge in [-0.1, -0.05) is 63.9 Å². The number of benzene rings is 4. The van der Waals surface area contributed by atoms with Crippen molar-refractivity contribution in [1.29, 1.82) is 0 Å². The number of unbranched alkanes of at least 4 members (excludes halogenated alkanes) is 3. The Bertz CT molecular complexity index is 2860. The van der Waals surface area contributed by atoms with Crippen molar-refractivity contribution in [1.82, 2.24) is 29.6 Å². The van der Waals surface area contributed by atoms with E-state index in [0.717, 1.165) is 66.9 Å². The van der Waals surface area contributed by atoms with Crippen LogP contribution in [-0.2, 0) is 22.1 Å². The number of rotatable bonds is 15. The maximum atomic E-state index is 13.5. The van der Waals surface area contributed by atoms with E-state index in [4.69, 9.17) is 4.98 Å². The van der Waals surface area contributed by atoms with Crippen molar-refractivity contribution in [3.05, 3.63) is 135 Å². The number of piperidine rings is 1. The average molecular weight is 934 g/mol. The molecule has 4 N–H and O–H groups in total. The molecule has 6 amide bonds. The molecule has 4 heterocycles. The third-order valence-corrected chi connectivity index (χ3v) is 13.2. The van der Waals surface area contributed by atoms with Gasteiger partial charge in [0.15, 0.2) is 5.82 Å². The zero-order valence-electron chi connectivity index (χ0n) is 39.8. The smallest absolute Gasteiger partial charge is 0.293 e. The average Bonchev–Trinajstić information content (AvgIpc) is 3.59. The summed E-state index contributed by atoms with van der Waals surface area (Å²) in [6.07, 6.45) is 5.72. The largest absolute Gasteiger partial charge is 0.384 e. The summed E-state index contributed by atoms with van der Waals surface area (Å²) in [5.41, 5.74) is 6.35. The number of amides is 6. The highest BCUT2D eigenvalue weighted by Gasteiger charge is 2.45. The molecular weight excluding hydrogens is 875 g/mol. The fourth-order valence-corrected chi connectivity index (χ4v) is 9.07. The Kier molecular flexibility index (Phi) is 14.2. The van der Waals surface area contributed by atoms with Crippen LogP contribution in [0.5, 0.6) is 0 Å². The van der Waals surface area contributed by atoms with Gasteiger partial charge in [0, 0.05) is 86.1 Å². The SMILES string of the molecule is Cc1c(NC(=O)c2ccc(C(C)(C)C)cc2)cccc1-c1cn(C)c(=O)c(Nc2ccc(C(=O)N3CCN(CCCCCCNc4cccc5c4C(=O)N(C4CCC(=O)NC4=O)C5=O)CC3)cc2)n1. The molecule has 1 aromatic heterocycles. The van der Waals surface area contributed by atoms with Gasteiger partial charge < -0.3 is 25.4 Å². The molecule has 2 saturated heterocycles. The highest BCUT2D eigenvalue weighted by molar-refractivity contribution is 6.25. The van der Waals surface area contributed by atoms with Gasteiger partial charge in [-0.15, -0.1) is 0 Å². The number of fused-ring (bicyclic) bond motifs is 1. The van der Waals surface area contributed by atoms with E-state index < -0.39 is 29.7 Å². The first-order valence-electron chi connectivity index (χ1n) is 23.6. The maximum absolute atomic E-state index is 13.5. The molecule has 1 unspecified atom stereocenters. The quantitative estimate of drug-likeness (QED) is 0.0632. The molecule has 0 radical (unpaired) electrons. The number of hydrogen-bond donors (Lipinski definition) is 4. The van der Waals surface area contributed by atoms with Gasteiger partial charge >= 0.3 is 0 Å². The van der Waals surface area contributed by atoms with Gasteiger partial charge in [-0.05, 0) is 104 Å². The van der Waals surface area contributed by atoms with E-state index in [1.165, 1.54) is 4.57 Å². The number of carbonyl (C=O) groups is 6. The van der Waals surface area contributed by atoms with Crippen molar-refractivity contribution in [2.24, 2.45) is 7.05 Å². The summed E-state index contributed by atoms with van der Waals surface area (Å²) in [6, 6.07) is 24.3. The van der Waals surface area contributed by atoms with Crippen LogP contribution in [-0.4, -0.2) is 105 Å². The molecule has 0 spiro atoms. The molecule has 0 saturated carbocycles. The second-order valence-electron chi connectivity index (χ2n) is 19.0. The topological polar surface area (TPSA) is 195 Å². The molecular formula is C53H59N9O7. The number of anilines is 4. The molecule has 2 fully saturated rings. The fraction of sp³-hybridized carbons (Fsp3) is 0.358. The first-order valence-corrected chi connectivity index (χ1v) is 23.6. The van der Waals surface area contributed by atoms with Crippen molar-refractivity contribution in [2.45, 2.75) is 77.7 Å². The minimum absolute atomic E-state index is 0.0231. The molecule has 69 heavy (non-hydrogen) atoms. The van der Waals surface area contributed by atoms with Gasteiger partial charge in [0.05, 0.1) is 16.8 Å². The molecule has 4 aromatic carbocycles. The minimum Gasteiger partial charge on any atom is -0.384 e. The van der Waals surface area contributed by atoms with Gasteiger partial charge in [0.2, 0.25) is 11.8 Å². The third-order valence-electron chi connectivity index (χ3n) is 13.2. The normalized spacial score (nSPS) is 16.3. The number of nitrogens with zero attached hydrogens (tertiary/aromatic N) is 5. The van der Waals surface area contributed by atoms with Crippen molar-refractivity contribution in [3.8, 4) is 11.3 Å². The maximum Gasteiger partial charge on any atom is 0.293 e. The number of aromatic nitrogens is 2. The van der Waals surface area contributed by atoms with Gasteiger partial charge in [-0.2, -0.15) is 0 Å². The van der Waals surface area contributed by atoms with Crippen molar-refractivity contribution < 1.29 is 28.8 Å². The van der Waals surface area contributed by atoms with Crippen LogP contribution in [0.2, 0.25) is 0 Å². The van der Waals surface area contributed by atoms with Gasteiger partial charge in [0.25, 0.3) is 29.2 Å². The Labute approximate surface area is 401 Å². The van der Waals surface area contributed by atoms with Crippen LogP contribution < -0.4 is 26.8 Å². The molecule has 3 aliphatic heterocycles. The van der Waals surface area contributed by atoms with E-state index in [1.807, 2.05) is 54.3 Å². The fourth-order valence-electron chi connectivity index (χ4n) is 9.07. The van der Waals surface area contributed by atoms with Crippen LogP contribution in [0.1, 0.15) is 112 Å². The van der Waals surface area contributed by atoms with Gasteiger partial charge in [-0.3, -0.25) is 48.7 Å². The molecule has 0 bridgehead atoms. The van der Waals surface area contributed by atoms with Crippen molar-refractivity contribution in [3.63, 3.8) is 0 Å². The number of nitrogens with one attached hydrogen (secondary N) is 4. The van der Waals surface area contributed by atoms with Crippen molar-refractivity contribution >= 4 is 58.3 Å². The number of aryl methyl sites for hydroxylation is 1. The molecule has 16 heteroatoms. The predicted molar refractivity (Wildman–Crippen MR) is 265 cm³/mol. The van der Waals surface area contributed by atoms with Crippen LogP contribution in [0.3, 0.4) is 0 Å². The van der Waals surface area contributed by atoms with E-state index in [-0.39, 0.29) is 52.6 Å². The molecule has 3 aliphatic rings. The summed E-state index contributed by atoms with van der Waals surface area (Å²) < 4.78 is 1.47. The third kappa shape index (κ3) is 10.7. The van der Waals surface area contributed by atoms with E-state index in [2.05, 4.69) is 46.9 Å². The molecule has 16 nitrogen and oxygen atoms in total. The molecule has 8 rings (SSSR count). The number of piperazine rings is 1. The Morgan fingerprint density at radius 3 is 2.13 bits per heavy atom. The van der Waals surface area contributed by atoms with Crippen LogP contribution in [0.4, 0.5) is 22.9 Å². The molecule has 1 atom stereocenters. The van der Waals surface area contributed by atoms with Gasteiger partial charge in [0.1, 0.15) is 6.04 Å². The van der Waals surface area contributed by atoms with E-state index in [9.17, 15) is 33.6 Å². The predicted octanol–water partition coefficient (Wildman–Crippen LogP) is 6.88. The molecule has 358 valence electrons.